The lowest BCUT2D eigenvalue weighted by Crippen LogP contribution is -2.01. The number of aliphatic hydroxyl groups excluding tert-OH is 1. The Bertz CT molecular complexity index is 410. The van der Waals surface area contributed by atoms with Crippen molar-refractivity contribution in [2.45, 2.75) is 25.4 Å². The van der Waals surface area contributed by atoms with Crippen molar-refractivity contribution in [2.24, 2.45) is 5.11 Å². The highest BCUT2D eigenvalue weighted by atomic mass is 16.3. The van der Waals surface area contributed by atoms with Gasteiger partial charge in [-0.1, -0.05) is 23.3 Å². The largest absolute Gasteiger partial charge is 0.388 e. The summed E-state index contributed by atoms with van der Waals surface area (Å²) in [7, 11) is 0. The molecule has 2 rings (SSSR count). The number of fused-ring (bicyclic) bond motifs is 1. The molecule has 0 unspecified atom stereocenters. The number of aliphatic hydroxyl groups is 1. The average molecular weight is 203 g/mol. The lowest BCUT2D eigenvalue weighted by molar-refractivity contribution is 0.186. The van der Waals surface area contributed by atoms with E-state index in [1.54, 1.807) is 0 Å². The molecule has 4 nitrogen and oxygen atoms in total. The molecule has 4 heteroatoms. The molecule has 1 aliphatic rings. The first-order valence-corrected chi connectivity index (χ1v) is 5.12. The third-order valence-corrected chi connectivity index (χ3v) is 2.83. The Morgan fingerprint density at radius 1 is 1.40 bits per heavy atom. The van der Waals surface area contributed by atoms with E-state index in [4.69, 9.17) is 5.53 Å². The van der Waals surface area contributed by atoms with Crippen molar-refractivity contribution in [1.82, 2.24) is 0 Å². The van der Waals surface area contributed by atoms with Crippen LogP contribution in [0.2, 0.25) is 0 Å². The Hall–Kier alpha value is -1.51. The summed E-state index contributed by atoms with van der Waals surface area (Å²) in [6, 6.07) is 6.01. The van der Waals surface area contributed by atoms with Crippen LogP contribution in [0.3, 0.4) is 0 Å². The molecule has 0 spiro atoms. The van der Waals surface area contributed by atoms with Crippen molar-refractivity contribution in [3.05, 3.63) is 45.3 Å². The zero-order valence-corrected chi connectivity index (χ0v) is 8.43. The summed E-state index contributed by atoms with van der Waals surface area (Å²) in [5.74, 6) is 0. The van der Waals surface area contributed by atoms with Gasteiger partial charge < -0.3 is 5.11 Å². The van der Waals surface area contributed by atoms with Crippen molar-refractivity contribution in [2.75, 3.05) is 6.54 Å². The molecular formula is C11H13N3O. The van der Waals surface area contributed by atoms with Gasteiger partial charge in [0.05, 0.1) is 12.6 Å². The van der Waals surface area contributed by atoms with Crippen LogP contribution in [0.15, 0.2) is 23.3 Å². The van der Waals surface area contributed by atoms with E-state index in [-0.39, 0.29) is 6.54 Å². The maximum Gasteiger partial charge on any atom is 0.0846 e. The van der Waals surface area contributed by atoms with Crippen LogP contribution in [0.25, 0.3) is 10.4 Å². The number of benzene rings is 1. The fourth-order valence-corrected chi connectivity index (χ4v) is 2.02. The van der Waals surface area contributed by atoms with Crippen LogP contribution in [0, 0.1) is 0 Å². The number of hydrogen-bond acceptors (Lipinski definition) is 2. The first-order chi connectivity index (χ1) is 7.31. The number of hydrogen-bond donors (Lipinski definition) is 1. The lowest BCUT2D eigenvalue weighted by Gasteiger charge is -2.09. The van der Waals surface area contributed by atoms with Gasteiger partial charge in [0.15, 0.2) is 0 Å². The maximum absolute atomic E-state index is 9.72. The van der Waals surface area contributed by atoms with Crippen LogP contribution < -0.4 is 0 Å². The van der Waals surface area contributed by atoms with Gasteiger partial charge in [0, 0.05) is 4.91 Å². The van der Waals surface area contributed by atoms with Gasteiger partial charge in [-0.15, -0.1) is 0 Å². The van der Waals surface area contributed by atoms with E-state index < -0.39 is 6.10 Å². The van der Waals surface area contributed by atoms with E-state index >= 15 is 0 Å². The Kier molecular flexibility index (Phi) is 2.90. The highest BCUT2D eigenvalue weighted by Crippen LogP contribution is 2.25. The Balaban J connectivity index is 2.18. The second-order valence-electron chi connectivity index (χ2n) is 3.81. The monoisotopic (exact) mass is 203 g/mol. The molecule has 0 radical (unpaired) electrons. The third-order valence-electron chi connectivity index (χ3n) is 2.83. The summed E-state index contributed by atoms with van der Waals surface area (Å²) in [5, 5.41) is 13.1. The first-order valence-electron chi connectivity index (χ1n) is 5.12. The molecule has 0 heterocycles. The number of azide groups is 1. The molecule has 1 aromatic rings. The Morgan fingerprint density at radius 3 is 3.00 bits per heavy atom. The minimum atomic E-state index is -0.674. The van der Waals surface area contributed by atoms with E-state index in [0.717, 1.165) is 18.4 Å². The molecule has 1 aromatic carbocycles. The smallest absolute Gasteiger partial charge is 0.0846 e. The predicted molar refractivity (Wildman–Crippen MR) is 57.4 cm³/mol. The molecule has 15 heavy (non-hydrogen) atoms. The molecule has 0 aromatic heterocycles. The quantitative estimate of drug-likeness (QED) is 0.457. The number of aryl methyl sites for hydroxylation is 2. The van der Waals surface area contributed by atoms with E-state index in [9.17, 15) is 5.11 Å². The molecule has 0 saturated heterocycles. The van der Waals surface area contributed by atoms with Gasteiger partial charge in [0.25, 0.3) is 0 Å². The highest BCUT2D eigenvalue weighted by molar-refractivity contribution is 5.36. The summed E-state index contributed by atoms with van der Waals surface area (Å²) < 4.78 is 0. The third kappa shape index (κ3) is 2.12. The first kappa shape index (κ1) is 10.0. The molecule has 0 fully saturated rings. The maximum atomic E-state index is 9.72. The Morgan fingerprint density at radius 2 is 2.20 bits per heavy atom. The topological polar surface area (TPSA) is 69.0 Å². The predicted octanol–water partition coefficient (Wildman–Crippen LogP) is 2.52. The van der Waals surface area contributed by atoms with E-state index in [2.05, 4.69) is 16.1 Å². The number of nitrogens with zero attached hydrogens (tertiary/aromatic N) is 3. The summed E-state index contributed by atoms with van der Waals surface area (Å²) in [6.45, 7) is 0.106. The van der Waals surface area contributed by atoms with Gasteiger partial charge in [0.1, 0.15) is 0 Å². The molecular weight excluding hydrogens is 190 g/mol. The minimum Gasteiger partial charge on any atom is -0.388 e. The minimum absolute atomic E-state index is 0.106. The van der Waals surface area contributed by atoms with Crippen molar-refractivity contribution in [3.63, 3.8) is 0 Å². The molecule has 1 atom stereocenters. The van der Waals surface area contributed by atoms with Gasteiger partial charge in [-0.2, -0.15) is 0 Å². The van der Waals surface area contributed by atoms with Crippen LogP contribution >= 0.6 is 0 Å². The molecule has 0 bridgehead atoms. The highest BCUT2D eigenvalue weighted by Gasteiger charge is 2.13. The average Bonchev–Trinajstić information content (AvgIpc) is 2.72. The van der Waals surface area contributed by atoms with Crippen molar-refractivity contribution in [1.29, 1.82) is 0 Å². The van der Waals surface area contributed by atoms with Gasteiger partial charge in [0.2, 0.25) is 0 Å². The SMILES string of the molecule is [N-]=[N+]=NC[C@H](O)c1ccc2c(c1)CCC2. The molecule has 0 saturated carbocycles. The summed E-state index contributed by atoms with van der Waals surface area (Å²) >= 11 is 0. The van der Waals surface area contributed by atoms with Crippen LogP contribution in [0.1, 0.15) is 29.2 Å². The summed E-state index contributed by atoms with van der Waals surface area (Å²) in [6.07, 6.45) is 2.76. The molecule has 78 valence electrons. The van der Waals surface area contributed by atoms with Gasteiger partial charge in [-0.05, 0) is 41.5 Å². The molecule has 1 N–H and O–H groups in total. The van der Waals surface area contributed by atoms with Gasteiger partial charge >= 0.3 is 0 Å². The van der Waals surface area contributed by atoms with Crippen LogP contribution in [-0.4, -0.2) is 11.7 Å². The summed E-state index contributed by atoms with van der Waals surface area (Å²) in [4.78, 5) is 2.64. The fraction of sp³-hybridized carbons (Fsp3) is 0.455. The summed E-state index contributed by atoms with van der Waals surface area (Å²) in [5.41, 5.74) is 11.7. The second-order valence-corrected chi connectivity index (χ2v) is 3.81. The van der Waals surface area contributed by atoms with E-state index in [1.165, 1.54) is 17.5 Å². The standard InChI is InChI=1S/C11H13N3O/c12-14-13-7-11(15)10-5-4-8-2-1-3-9(8)6-10/h4-6,11,15H,1-3,7H2/t11-/m0/s1. The van der Waals surface area contributed by atoms with Gasteiger partial charge in [-0.3, -0.25) is 0 Å². The number of rotatable bonds is 3. The van der Waals surface area contributed by atoms with Crippen molar-refractivity contribution >= 4 is 0 Å². The molecule has 0 amide bonds. The molecule has 1 aliphatic carbocycles. The second kappa shape index (κ2) is 4.34. The Labute approximate surface area is 88.2 Å². The normalized spacial score (nSPS) is 15.5. The van der Waals surface area contributed by atoms with Crippen molar-refractivity contribution in [3.8, 4) is 0 Å². The zero-order valence-electron chi connectivity index (χ0n) is 8.43. The fourth-order valence-electron chi connectivity index (χ4n) is 2.02. The van der Waals surface area contributed by atoms with Crippen molar-refractivity contribution < 1.29 is 5.11 Å². The van der Waals surface area contributed by atoms with Crippen LogP contribution in [0.5, 0.6) is 0 Å². The zero-order chi connectivity index (χ0) is 10.7. The van der Waals surface area contributed by atoms with Gasteiger partial charge in [-0.25, -0.2) is 0 Å². The van der Waals surface area contributed by atoms with Crippen LogP contribution in [0.4, 0.5) is 0 Å². The lowest BCUT2D eigenvalue weighted by atomic mass is 10.0. The van der Waals surface area contributed by atoms with Crippen LogP contribution in [-0.2, 0) is 12.8 Å². The van der Waals surface area contributed by atoms with E-state index in [0.29, 0.717) is 0 Å². The molecule has 0 aliphatic heterocycles. The van der Waals surface area contributed by atoms with E-state index in [1.807, 2.05) is 12.1 Å².